The summed E-state index contributed by atoms with van der Waals surface area (Å²) in [5, 5.41) is 3.33. The quantitative estimate of drug-likeness (QED) is 0.840. The lowest BCUT2D eigenvalue weighted by Crippen LogP contribution is -2.47. The van der Waals surface area contributed by atoms with Gasteiger partial charge in [0.1, 0.15) is 5.82 Å². The summed E-state index contributed by atoms with van der Waals surface area (Å²) in [4.78, 5) is 14.4. The van der Waals surface area contributed by atoms with Crippen molar-refractivity contribution in [2.24, 2.45) is 0 Å². The number of rotatable bonds is 3. The summed E-state index contributed by atoms with van der Waals surface area (Å²) in [6.07, 6.45) is 0. The van der Waals surface area contributed by atoms with Crippen molar-refractivity contribution in [3.8, 4) is 0 Å². The van der Waals surface area contributed by atoms with Crippen LogP contribution in [-0.2, 0) is 4.79 Å². The Morgan fingerprint density at radius 2 is 2.35 bits per heavy atom. The minimum atomic E-state index is -0.474. The fourth-order valence-corrected chi connectivity index (χ4v) is 3.27. The predicted octanol–water partition coefficient (Wildman–Crippen LogP) is 2.17. The van der Waals surface area contributed by atoms with Gasteiger partial charge in [-0.3, -0.25) is 9.69 Å². The molecule has 1 saturated heterocycles. The van der Waals surface area contributed by atoms with Gasteiger partial charge >= 0.3 is 0 Å². The zero-order valence-corrected chi connectivity index (χ0v) is 12.5. The molecule has 0 radical (unpaired) electrons. The van der Waals surface area contributed by atoms with Crippen molar-refractivity contribution in [3.63, 3.8) is 0 Å². The lowest BCUT2D eigenvalue weighted by molar-refractivity contribution is -0.120. The Bertz CT molecular complexity index is 497. The van der Waals surface area contributed by atoms with Crippen molar-refractivity contribution in [1.82, 2.24) is 4.90 Å². The summed E-state index contributed by atoms with van der Waals surface area (Å²) in [7, 11) is 0. The van der Waals surface area contributed by atoms with Gasteiger partial charge in [-0.25, -0.2) is 4.39 Å². The van der Waals surface area contributed by atoms with Crippen LogP contribution >= 0.6 is 11.8 Å². The maximum atomic E-state index is 13.1. The number of hydrogen-bond donors (Lipinski definition) is 2. The van der Waals surface area contributed by atoms with E-state index in [1.54, 1.807) is 0 Å². The molecule has 1 heterocycles. The van der Waals surface area contributed by atoms with Crippen LogP contribution in [-0.4, -0.2) is 40.9 Å². The van der Waals surface area contributed by atoms with Crippen LogP contribution in [0.3, 0.4) is 0 Å². The Labute approximate surface area is 122 Å². The van der Waals surface area contributed by atoms with E-state index in [-0.39, 0.29) is 17.6 Å². The first-order valence-corrected chi connectivity index (χ1v) is 7.74. The first-order valence-electron chi connectivity index (χ1n) is 6.69. The van der Waals surface area contributed by atoms with Crippen LogP contribution in [0.25, 0.3) is 0 Å². The van der Waals surface area contributed by atoms with Crippen LogP contribution in [0.2, 0.25) is 0 Å². The molecule has 0 aliphatic carbocycles. The van der Waals surface area contributed by atoms with E-state index in [2.05, 4.69) is 17.1 Å². The van der Waals surface area contributed by atoms with Crippen molar-refractivity contribution in [2.45, 2.75) is 25.1 Å². The first kappa shape index (κ1) is 15.1. The van der Waals surface area contributed by atoms with E-state index in [0.717, 1.165) is 18.8 Å². The van der Waals surface area contributed by atoms with Gasteiger partial charge in [0.15, 0.2) is 0 Å². The largest absolute Gasteiger partial charge is 0.396 e. The molecule has 1 amide bonds. The lowest BCUT2D eigenvalue weighted by Gasteiger charge is -2.34. The number of anilines is 2. The molecule has 2 atom stereocenters. The number of nitrogens with one attached hydrogen (secondary N) is 1. The van der Waals surface area contributed by atoms with Gasteiger partial charge in [0.25, 0.3) is 0 Å². The van der Waals surface area contributed by atoms with E-state index < -0.39 is 5.82 Å². The van der Waals surface area contributed by atoms with E-state index in [4.69, 9.17) is 5.73 Å². The molecule has 110 valence electrons. The van der Waals surface area contributed by atoms with Crippen molar-refractivity contribution in [1.29, 1.82) is 0 Å². The molecule has 1 aromatic carbocycles. The standard InChI is InChI=1S/C14H20FN3OS/c1-9-8-18(5-6-20-9)10(2)14(19)17-11-3-4-12(15)13(16)7-11/h3-4,7,9-10H,5-6,8,16H2,1-2H3,(H,17,19). The van der Waals surface area contributed by atoms with E-state index in [0.29, 0.717) is 10.9 Å². The summed E-state index contributed by atoms with van der Waals surface area (Å²) in [6.45, 7) is 5.88. The minimum Gasteiger partial charge on any atom is -0.396 e. The maximum Gasteiger partial charge on any atom is 0.241 e. The van der Waals surface area contributed by atoms with Gasteiger partial charge in [0.2, 0.25) is 5.91 Å². The third-order valence-corrected chi connectivity index (χ3v) is 4.60. The third-order valence-electron chi connectivity index (χ3n) is 3.46. The number of nitrogens with two attached hydrogens (primary N) is 1. The van der Waals surface area contributed by atoms with Crippen LogP contribution in [0.5, 0.6) is 0 Å². The molecule has 1 aliphatic heterocycles. The summed E-state index contributed by atoms with van der Waals surface area (Å²) >= 11 is 1.93. The molecule has 2 rings (SSSR count). The average Bonchev–Trinajstić information content (AvgIpc) is 2.42. The monoisotopic (exact) mass is 297 g/mol. The summed E-state index contributed by atoms with van der Waals surface area (Å²) in [6, 6.07) is 4.01. The highest BCUT2D eigenvalue weighted by Gasteiger charge is 2.25. The number of amides is 1. The van der Waals surface area contributed by atoms with Crippen LogP contribution in [0, 0.1) is 5.82 Å². The van der Waals surface area contributed by atoms with E-state index in [9.17, 15) is 9.18 Å². The van der Waals surface area contributed by atoms with Gasteiger partial charge in [-0.2, -0.15) is 11.8 Å². The molecule has 0 bridgehead atoms. The minimum absolute atomic E-state index is 0.0402. The van der Waals surface area contributed by atoms with Gasteiger partial charge in [0.05, 0.1) is 11.7 Å². The number of nitrogen functional groups attached to an aromatic ring is 1. The second kappa shape index (κ2) is 6.45. The molecule has 1 aromatic rings. The maximum absolute atomic E-state index is 13.1. The Morgan fingerprint density at radius 3 is 3.00 bits per heavy atom. The molecular formula is C14H20FN3OS. The molecule has 0 saturated carbocycles. The second-order valence-electron chi connectivity index (χ2n) is 5.08. The Balaban J connectivity index is 1.98. The molecule has 4 nitrogen and oxygen atoms in total. The fraction of sp³-hybridized carbons (Fsp3) is 0.500. The number of halogens is 1. The van der Waals surface area contributed by atoms with E-state index in [1.165, 1.54) is 18.2 Å². The summed E-state index contributed by atoms with van der Waals surface area (Å²) < 4.78 is 13.1. The molecule has 20 heavy (non-hydrogen) atoms. The number of thioether (sulfide) groups is 1. The Hall–Kier alpha value is -1.27. The van der Waals surface area contributed by atoms with Crippen molar-refractivity contribution in [2.75, 3.05) is 29.9 Å². The summed E-state index contributed by atoms with van der Waals surface area (Å²) in [5.74, 6) is 0.482. The lowest BCUT2D eigenvalue weighted by atomic mass is 10.2. The highest BCUT2D eigenvalue weighted by Crippen LogP contribution is 2.21. The van der Waals surface area contributed by atoms with Gasteiger partial charge < -0.3 is 11.1 Å². The number of carbonyl (C=O) groups is 1. The van der Waals surface area contributed by atoms with Gasteiger partial charge in [-0.1, -0.05) is 6.92 Å². The first-order chi connectivity index (χ1) is 9.47. The molecule has 0 spiro atoms. The molecule has 1 aliphatic rings. The van der Waals surface area contributed by atoms with Crippen LogP contribution < -0.4 is 11.1 Å². The number of carbonyl (C=O) groups excluding carboxylic acids is 1. The van der Waals surface area contributed by atoms with Gasteiger partial charge in [-0.05, 0) is 25.1 Å². The molecular weight excluding hydrogens is 277 g/mol. The third kappa shape index (κ3) is 3.64. The SMILES string of the molecule is CC1CN(C(C)C(=O)Nc2ccc(F)c(N)c2)CCS1. The number of nitrogens with zero attached hydrogens (tertiary/aromatic N) is 1. The molecule has 6 heteroatoms. The van der Waals surface area contributed by atoms with Crippen molar-refractivity contribution < 1.29 is 9.18 Å². The zero-order chi connectivity index (χ0) is 14.7. The number of benzene rings is 1. The van der Waals surface area contributed by atoms with Crippen LogP contribution in [0.15, 0.2) is 18.2 Å². The normalized spacial score (nSPS) is 21.4. The zero-order valence-electron chi connectivity index (χ0n) is 11.7. The highest BCUT2D eigenvalue weighted by atomic mass is 32.2. The molecule has 3 N–H and O–H groups in total. The average molecular weight is 297 g/mol. The van der Waals surface area contributed by atoms with E-state index >= 15 is 0 Å². The fourth-order valence-electron chi connectivity index (χ4n) is 2.23. The van der Waals surface area contributed by atoms with Crippen molar-refractivity contribution >= 4 is 29.0 Å². The molecule has 1 fully saturated rings. The second-order valence-corrected chi connectivity index (χ2v) is 6.62. The van der Waals surface area contributed by atoms with Crippen molar-refractivity contribution in [3.05, 3.63) is 24.0 Å². The molecule has 2 unspecified atom stereocenters. The van der Waals surface area contributed by atoms with Gasteiger partial charge in [-0.15, -0.1) is 0 Å². The Kier molecular flexibility index (Phi) is 4.88. The van der Waals surface area contributed by atoms with Gasteiger partial charge in [0, 0.05) is 29.8 Å². The molecule has 0 aromatic heterocycles. The predicted molar refractivity (Wildman–Crippen MR) is 82.4 cm³/mol. The number of hydrogen-bond acceptors (Lipinski definition) is 4. The smallest absolute Gasteiger partial charge is 0.241 e. The van der Waals surface area contributed by atoms with E-state index in [1.807, 2.05) is 18.7 Å². The van der Waals surface area contributed by atoms with Crippen LogP contribution in [0.4, 0.5) is 15.8 Å². The topological polar surface area (TPSA) is 58.4 Å². The highest BCUT2D eigenvalue weighted by molar-refractivity contribution is 7.99. The Morgan fingerprint density at radius 1 is 1.60 bits per heavy atom. The summed E-state index contributed by atoms with van der Waals surface area (Å²) in [5.41, 5.74) is 6.06. The van der Waals surface area contributed by atoms with Crippen LogP contribution in [0.1, 0.15) is 13.8 Å².